The van der Waals surface area contributed by atoms with Gasteiger partial charge < -0.3 is 0 Å². The SMILES string of the molecule is c1ccc(-n2c3ccccc3c3cccc(-c4c5cccc(-c6ccc[c]7c6-c6cccc[c]6[Ge]7)c5cc5c(-c6ccc[c]7c6-c6cccc[c]6[Ge]7)cccc45)c32)cc1. The van der Waals surface area contributed by atoms with Gasteiger partial charge in [0.15, 0.2) is 0 Å². The van der Waals surface area contributed by atoms with Gasteiger partial charge in [0.2, 0.25) is 0 Å². The van der Waals surface area contributed by atoms with Crippen molar-refractivity contribution < 1.29 is 0 Å². The van der Waals surface area contributed by atoms with E-state index < -0.39 is 30.9 Å². The molecule has 0 amide bonds. The summed E-state index contributed by atoms with van der Waals surface area (Å²) in [6.45, 7) is 0. The van der Waals surface area contributed by atoms with E-state index >= 15 is 0 Å². The Hall–Kier alpha value is -6.39. The summed E-state index contributed by atoms with van der Waals surface area (Å²) in [5, 5.41) is 7.67. The van der Waals surface area contributed by atoms with Gasteiger partial charge in [-0.2, -0.15) is 0 Å². The summed E-state index contributed by atoms with van der Waals surface area (Å²) in [7, 11) is 0. The monoisotopic (exact) mass is 867 g/mol. The molecule has 1 aromatic heterocycles. The van der Waals surface area contributed by atoms with E-state index in [0.29, 0.717) is 0 Å². The molecule has 13 rings (SSSR count). The number of rotatable bonds is 4. The van der Waals surface area contributed by atoms with E-state index in [1.807, 2.05) is 0 Å². The Morgan fingerprint density at radius 3 is 1.34 bits per heavy atom. The van der Waals surface area contributed by atoms with Gasteiger partial charge >= 0.3 is 328 Å². The molecule has 1 nitrogen and oxygen atoms in total. The van der Waals surface area contributed by atoms with Gasteiger partial charge in [-0.25, -0.2) is 0 Å². The van der Waals surface area contributed by atoms with Crippen LogP contribution >= 0.6 is 0 Å². The molecule has 0 bridgehead atoms. The van der Waals surface area contributed by atoms with E-state index in [1.165, 1.54) is 122 Å². The van der Waals surface area contributed by atoms with E-state index in [-0.39, 0.29) is 0 Å². The van der Waals surface area contributed by atoms with Gasteiger partial charge in [-0.05, 0) is 0 Å². The van der Waals surface area contributed by atoms with Crippen LogP contribution in [0.5, 0.6) is 0 Å². The van der Waals surface area contributed by atoms with Crippen molar-refractivity contribution >= 4 is 91.8 Å². The summed E-state index contributed by atoms with van der Waals surface area (Å²) < 4.78 is 8.62. The minimum Gasteiger partial charge on any atom is -0.0602 e. The summed E-state index contributed by atoms with van der Waals surface area (Å²) in [6.07, 6.45) is 0. The van der Waals surface area contributed by atoms with Gasteiger partial charge in [0.1, 0.15) is 0 Å². The first-order valence-corrected chi connectivity index (χ1v) is 24.6. The van der Waals surface area contributed by atoms with Crippen LogP contribution in [-0.4, -0.2) is 35.4 Å². The van der Waals surface area contributed by atoms with Gasteiger partial charge in [-0.3, -0.25) is 0 Å². The van der Waals surface area contributed by atoms with Crippen LogP contribution in [0.25, 0.3) is 105 Å². The molecule has 10 aromatic carbocycles. The number of aromatic nitrogens is 1. The molecule has 4 radical (unpaired) electrons. The van der Waals surface area contributed by atoms with Crippen LogP contribution in [0.2, 0.25) is 0 Å². The summed E-state index contributed by atoms with van der Waals surface area (Å²) in [5.74, 6) is 0. The molecule has 270 valence electrons. The number of hydrogen-bond acceptors (Lipinski definition) is 0. The number of para-hydroxylation sites is 3. The predicted octanol–water partition coefficient (Wildman–Crippen LogP) is 11.4. The van der Waals surface area contributed by atoms with Crippen molar-refractivity contribution in [2.45, 2.75) is 0 Å². The molecule has 0 saturated heterocycles. The fourth-order valence-electron chi connectivity index (χ4n) is 10.2. The van der Waals surface area contributed by atoms with E-state index in [4.69, 9.17) is 0 Å². The zero-order valence-corrected chi connectivity index (χ0v) is 36.2. The van der Waals surface area contributed by atoms with Crippen LogP contribution in [0.3, 0.4) is 0 Å². The van der Waals surface area contributed by atoms with Crippen LogP contribution in [0.15, 0.2) is 200 Å². The molecule has 59 heavy (non-hydrogen) atoms. The van der Waals surface area contributed by atoms with Crippen molar-refractivity contribution in [3.63, 3.8) is 0 Å². The summed E-state index contributed by atoms with van der Waals surface area (Å²) in [4.78, 5) is 0. The smallest absolute Gasteiger partial charge is 0.0602 e. The van der Waals surface area contributed by atoms with E-state index in [1.54, 1.807) is 0 Å². The molecular weight excluding hydrogens is 832 g/mol. The molecule has 0 saturated carbocycles. The standard InChI is InChI=1S/C56H33Ge2N/c1-2-15-34(16-3-1)59-52-32-9-6-17-37(52)42-26-12-27-45(56(42)59)53-40-22-10-20-35(38-24-13-30-50-54(38)43-18-4-7-28-48(43)57-50)46(40)33-47-36(21-11-23-41(47)53)39-25-14-31-51-55(39)44-19-5-8-29-49(44)58-51/h1-33H. The zero-order chi connectivity index (χ0) is 38.6. The van der Waals surface area contributed by atoms with Gasteiger partial charge in [-0.1, -0.05) is 30.3 Å². The maximum absolute atomic E-state index is 2.54. The molecule has 0 N–H and O–H groups in total. The fraction of sp³-hybridized carbons (Fsp3) is 0. The Bertz CT molecular complexity index is 3400. The minimum atomic E-state index is -0.405. The molecule has 2 aliphatic heterocycles. The first-order valence-electron chi connectivity index (χ1n) is 20.4. The molecule has 0 atom stereocenters. The first kappa shape index (κ1) is 33.6. The van der Waals surface area contributed by atoms with Gasteiger partial charge in [0, 0.05) is 0 Å². The molecular formula is C56H33Ge2N. The second-order valence-electron chi connectivity index (χ2n) is 15.7. The number of nitrogens with zero attached hydrogens (tertiary/aromatic N) is 1. The Balaban J connectivity index is 1.19. The second-order valence-corrected chi connectivity index (χ2v) is 21.3. The van der Waals surface area contributed by atoms with Gasteiger partial charge in [0.05, 0.1) is 0 Å². The molecule has 0 fully saturated rings. The maximum atomic E-state index is 2.54. The molecule has 3 heterocycles. The Morgan fingerprint density at radius 1 is 0.271 bits per heavy atom. The van der Waals surface area contributed by atoms with Crippen molar-refractivity contribution in [1.82, 2.24) is 4.57 Å². The number of benzene rings is 10. The van der Waals surface area contributed by atoms with Crippen molar-refractivity contribution in [3.05, 3.63) is 200 Å². The number of fused-ring (bicyclic) bond motifs is 11. The Labute approximate surface area is 355 Å². The van der Waals surface area contributed by atoms with Gasteiger partial charge in [0.25, 0.3) is 0 Å². The average Bonchev–Trinajstić information content (AvgIpc) is 3.98. The molecule has 2 aliphatic rings. The zero-order valence-electron chi connectivity index (χ0n) is 32.0. The van der Waals surface area contributed by atoms with Crippen LogP contribution in [-0.2, 0) is 0 Å². The van der Waals surface area contributed by atoms with Crippen molar-refractivity contribution in [2.24, 2.45) is 0 Å². The number of hydrogen-bond donors (Lipinski definition) is 0. The summed E-state index contributed by atoms with van der Waals surface area (Å²) in [6, 6.07) is 75.7. The Morgan fingerprint density at radius 2 is 0.712 bits per heavy atom. The van der Waals surface area contributed by atoms with Crippen LogP contribution in [0.4, 0.5) is 0 Å². The second kappa shape index (κ2) is 13.1. The third-order valence-corrected chi connectivity index (χ3v) is 18.5. The van der Waals surface area contributed by atoms with E-state index in [2.05, 4.69) is 205 Å². The molecule has 11 aromatic rings. The van der Waals surface area contributed by atoms with Crippen molar-refractivity contribution in [3.8, 4) is 61.3 Å². The summed E-state index contributed by atoms with van der Waals surface area (Å²) >= 11 is -0.810. The average molecular weight is 865 g/mol. The van der Waals surface area contributed by atoms with Crippen LogP contribution in [0.1, 0.15) is 0 Å². The third-order valence-electron chi connectivity index (χ3n) is 12.7. The topological polar surface area (TPSA) is 4.93 Å². The normalized spacial score (nSPS) is 12.6. The minimum absolute atomic E-state index is 0.405. The molecule has 0 unspecified atom stereocenters. The first-order chi connectivity index (χ1) is 29.3. The van der Waals surface area contributed by atoms with E-state index in [9.17, 15) is 0 Å². The molecule has 3 heteroatoms. The van der Waals surface area contributed by atoms with Crippen LogP contribution < -0.4 is 17.6 Å². The van der Waals surface area contributed by atoms with E-state index in [0.717, 1.165) is 0 Å². The van der Waals surface area contributed by atoms with Crippen molar-refractivity contribution in [2.75, 3.05) is 0 Å². The fourth-order valence-corrected chi connectivity index (χ4v) is 16.1. The van der Waals surface area contributed by atoms with Gasteiger partial charge in [-0.15, -0.1) is 0 Å². The van der Waals surface area contributed by atoms with Crippen molar-refractivity contribution in [1.29, 1.82) is 0 Å². The molecule has 0 spiro atoms. The van der Waals surface area contributed by atoms with Crippen LogP contribution in [0, 0.1) is 0 Å². The predicted molar refractivity (Wildman–Crippen MR) is 253 cm³/mol. The molecule has 0 aliphatic carbocycles. The quantitative estimate of drug-likeness (QED) is 0.123. The summed E-state index contributed by atoms with van der Waals surface area (Å²) in [5.41, 5.74) is 17.1. The Kier molecular flexibility index (Phi) is 7.43. The third kappa shape index (κ3) is 4.92.